The first kappa shape index (κ1) is 8.63. The van der Waals surface area contributed by atoms with Crippen LogP contribution in [0.15, 0.2) is 48.5 Å². The van der Waals surface area contributed by atoms with Crippen LogP contribution < -0.4 is 0 Å². The van der Waals surface area contributed by atoms with E-state index in [4.69, 9.17) is 5.11 Å². The highest BCUT2D eigenvalue weighted by Gasteiger charge is 2.01. The Balaban J connectivity index is 2.46. The molecule has 0 aliphatic carbocycles. The van der Waals surface area contributed by atoms with E-state index in [0.29, 0.717) is 5.56 Å². The lowest BCUT2D eigenvalue weighted by Gasteiger charge is -2.05. The molecule has 0 bridgehead atoms. The van der Waals surface area contributed by atoms with E-state index in [2.05, 4.69) is 0 Å². The molecule has 0 atom stereocenters. The van der Waals surface area contributed by atoms with E-state index in [1.165, 1.54) is 0 Å². The van der Waals surface area contributed by atoms with Gasteiger partial charge in [0.25, 0.3) is 0 Å². The van der Waals surface area contributed by atoms with Gasteiger partial charge in [0.05, 0.1) is 5.56 Å². The van der Waals surface area contributed by atoms with Crippen molar-refractivity contribution in [2.45, 2.75) is 0 Å². The number of carboxylic acid groups (broad SMARTS) is 1. The Hall–Kier alpha value is -1.96. The average molecular weight is 185 g/mol. The molecule has 0 aliphatic rings. The van der Waals surface area contributed by atoms with Gasteiger partial charge in [0.2, 0.25) is 0 Å². The van der Waals surface area contributed by atoms with Crippen LogP contribution in [-0.2, 0) is 0 Å². The van der Waals surface area contributed by atoms with E-state index < -0.39 is 5.97 Å². The van der Waals surface area contributed by atoms with Gasteiger partial charge in [-0.15, -0.1) is 0 Å². The standard InChI is InChI=1S/C12H9O2/c13-12(14)11-7-3-6-10(8-11)9-4-1-2-5-9/h1-8H,(H,13,14)/q-1. The Labute approximate surface area is 81.8 Å². The Morgan fingerprint density at radius 2 is 2.07 bits per heavy atom. The van der Waals surface area contributed by atoms with Gasteiger partial charge < -0.3 is 5.11 Å². The topological polar surface area (TPSA) is 37.3 Å². The monoisotopic (exact) mass is 185 g/mol. The predicted molar refractivity (Wildman–Crippen MR) is 54.4 cm³/mol. The van der Waals surface area contributed by atoms with Crippen LogP contribution in [0, 0.1) is 0 Å². The van der Waals surface area contributed by atoms with Crippen molar-refractivity contribution >= 4 is 5.97 Å². The summed E-state index contributed by atoms with van der Waals surface area (Å²) in [6, 6.07) is 14.7. The number of hydrogen-bond donors (Lipinski definition) is 1. The molecule has 2 aromatic rings. The number of hydrogen-bond acceptors (Lipinski definition) is 1. The Morgan fingerprint density at radius 1 is 1.21 bits per heavy atom. The minimum atomic E-state index is -0.890. The Morgan fingerprint density at radius 3 is 2.71 bits per heavy atom. The van der Waals surface area contributed by atoms with Gasteiger partial charge in [0, 0.05) is 0 Å². The SMILES string of the molecule is O=C(O)c1cccc(-c2cc[cH-]c2)c1. The summed E-state index contributed by atoms with van der Waals surface area (Å²) in [5, 5.41) is 8.81. The molecule has 2 rings (SSSR count). The van der Waals surface area contributed by atoms with Crippen LogP contribution in [0.25, 0.3) is 11.1 Å². The highest BCUT2D eigenvalue weighted by Crippen LogP contribution is 2.20. The molecule has 70 valence electrons. The molecule has 0 fully saturated rings. The van der Waals surface area contributed by atoms with Gasteiger partial charge in [-0.05, 0) is 6.07 Å². The molecule has 2 nitrogen and oxygen atoms in total. The van der Waals surface area contributed by atoms with Gasteiger partial charge in [-0.3, -0.25) is 0 Å². The van der Waals surface area contributed by atoms with Crippen molar-refractivity contribution in [1.29, 1.82) is 0 Å². The number of rotatable bonds is 2. The van der Waals surface area contributed by atoms with E-state index in [-0.39, 0.29) is 0 Å². The summed E-state index contributed by atoms with van der Waals surface area (Å²) in [4.78, 5) is 10.7. The average Bonchev–Trinajstić information content (AvgIpc) is 2.71. The molecule has 0 unspecified atom stereocenters. The zero-order chi connectivity index (χ0) is 9.97. The van der Waals surface area contributed by atoms with Crippen LogP contribution >= 0.6 is 0 Å². The molecule has 1 N–H and O–H groups in total. The summed E-state index contributed by atoms with van der Waals surface area (Å²) >= 11 is 0. The lowest BCUT2D eigenvalue weighted by molar-refractivity contribution is 0.0697. The molecule has 0 heterocycles. The Kier molecular flexibility index (Phi) is 2.11. The molecular weight excluding hydrogens is 176 g/mol. The smallest absolute Gasteiger partial charge is 0.335 e. The molecule has 0 aliphatic heterocycles. The van der Waals surface area contributed by atoms with Crippen LogP contribution in [-0.4, -0.2) is 11.1 Å². The zero-order valence-electron chi connectivity index (χ0n) is 7.47. The van der Waals surface area contributed by atoms with E-state index in [1.54, 1.807) is 18.2 Å². The van der Waals surface area contributed by atoms with Crippen molar-refractivity contribution < 1.29 is 9.90 Å². The minimum Gasteiger partial charge on any atom is -0.478 e. The normalized spacial score (nSPS) is 10.0. The summed E-state index contributed by atoms with van der Waals surface area (Å²) in [7, 11) is 0. The van der Waals surface area contributed by atoms with Gasteiger partial charge in [0.15, 0.2) is 0 Å². The molecular formula is C12H9O2-. The van der Waals surface area contributed by atoms with Crippen LogP contribution in [0.1, 0.15) is 10.4 Å². The van der Waals surface area contributed by atoms with Crippen LogP contribution in [0.4, 0.5) is 0 Å². The predicted octanol–water partition coefficient (Wildman–Crippen LogP) is 2.77. The van der Waals surface area contributed by atoms with Crippen LogP contribution in [0.5, 0.6) is 0 Å². The summed E-state index contributed by atoms with van der Waals surface area (Å²) in [6.07, 6.45) is 0. The van der Waals surface area contributed by atoms with Crippen molar-refractivity contribution in [2.75, 3.05) is 0 Å². The lowest BCUT2D eigenvalue weighted by atomic mass is 10.1. The minimum absolute atomic E-state index is 0.323. The molecule has 2 aromatic carbocycles. The Bertz CT molecular complexity index is 441. The maximum absolute atomic E-state index is 10.7. The summed E-state index contributed by atoms with van der Waals surface area (Å²) in [5.74, 6) is -0.890. The van der Waals surface area contributed by atoms with E-state index in [1.807, 2.05) is 30.3 Å². The van der Waals surface area contributed by atoms with Crippen molar-refractivity contribution in [3.05, 3.63) is 54.1 Å². The van der Waals surface area contributed by atoms with Crippen molar-refractivity contribution in [2.24, 2.45) is 0 Å². The second-order valence-corrected chi connectivity index (χ2v) is 3.06. The van der Waals surface area contributed by atoms with Gasteiger partial charge in [-0.2, -0.15) is 23.8 Å². The number of benzene rings is 1. The second kappa shape index (κ2) is 3.42. The fraction of sp³-hybridized carbons (Fsp3) is 0. The third kappa shape index (κ3) is 1.55. The molecule has 0 saturated carbocycles. The fourth-order valence-corrected chi connectivity index (χ4v) is 1.40. The molecule has 0 amide bonds. The number of carbonyl (C=O) groups is 1. The van der Waals surface area contributed by atoms with Crippen LogP contribution in [0.3, 0.4) is 0 Å². The summed E-state index contributed by atoms with van der Waals surface area (Å²) in [6.45, 7) is 0. The molecule has 0 radical (unpaired) electrons. The lowest BCUT2D eigenvalue weighted by Crippen LogP contribution is -1.95. The first-order chi connectivity index (χ1) is 6.77. The van der Waals surface area contributed by atoms with Crippen molar-refractivity contribution in [1.82, 2.24) is 0 Å². The third-order valence-electron chi connectivity index (χ3n) is 2.11. The molecule has 0 aromatic heterocycles. The van der Waals surface area contributed by atoms with Gasteiger partial charge in [-0.1, -0.05) is 23.8 Å². The van der Waals surface area contributed by atoms with E-state index >= 15 is 0 Å². The quantitative estimate of drug-likeness (QED) is 0.730. The van der Waals surface area contributed by atoms with Crippen molar-refractivity contribution in [3.8, 4) is 11.1 Å². The fourth-order valence-electron chi connectivity index (χ4n) is 1.40. The number of carboxylic acids is 1. The second-order valence-electron chi connectivity index (χ2n) is 3.06. The van der Waals surface area contributed by atoms with Gasteiger partial charge in [-0.25, -0.2) is 10.9 Å². The van der Waals surface area contributed by atoms with Gasteiger partial charge >= 0.3 is 5.97 Å². The van der Waals surface area contributed by atoms with Gasteiger partial charge in [0.1, 0.15) is 0 Å². The largest absolute Gasteiger partial charge is 0.478 e. The van der Waals surface area contributed by atoms with E-state index in [0.717, 1.165) is 11.1 Å². The summed E-state index contributed by atoms with van der Waals surface area (Å²) in [5.41, 5.74) is 2.31. The van der Waals surface area contributed by atoms with Crippen molar-refractivity contribution in [3.63, 3.8) is 0 Å². The highest BCUT2D eigenvalue weighted by atomic mass is 16.4. The molecule has 14 heavy (non-hydrogen) atoms. The number of aromatic carboxylic acids is 1. The maximum atomic E-state index is 10.7. The maximum Gasteiger partial charge on any atom is 0.335 e. The third-order valence-corrected chi connectivity index (χ3v) is 2.11. The first-order valence-corrected chi connectivity index (χ1v) is 4.33. The zero-order valence-corrected chi connectivity index (χ0v) is 7.47. The summed E-state index contributed by atoms with van der Waals surface area (Å²) < 4.78 is 0. The molecule has 0 saturated heterocycles. The van der Waals surface area contributed by atoms with E-state index in [9.17, 15) is 4.79 Å². The highest BCUT2D eigenvalue weighted by molar-refractivity contribution is 5.89. The van der Waals surface area contributed by atoms with Crippen LogP contribution in [0.2, 0.25) is 0 Å². The molecule has 2 heteroatoms. The molecule has 0 spiro atoms. The first-order valence-electron chi connectivity index (χ1n) is 4.33.